The van der Waals surface area contributed by atoms with Crippen LogP contribution in [0.3, 0.4) is 0 Å². The first kappa shape index (κ1) is 23.4. The van der Waals surface area contributed by atoms with Gasteiger partial charge in [-0.2, -0.15) is 0 Å². The van der Waals surface area contributed by atoms with E-state index in [0.29, 0.717) is 16.7 Å². The molecule has 0 radical (unpaired) electrons. The maximum Gasteiger partial charge on any atom is -1.00 e. The number of allylic oxidation sites excluding steroid dienone is 8. The second kappa shape index (κ2) is 8.20. The molecule has 2 aliphatic carbocycles. The molecule has 128 valence electrons. The molecule has 23 heavy (non-hydrogen) atoms. The van der Waals surface area contributed by atoms with Gasteiger partial charge in [-0.3, -0.25) is 0 Å². The molecule has 0 nitrogen and oxygen atoms in total. The van der Waals surface area contributed by atoms with Gasteiger partial charge >= 0.3 is 143 Å². The molecule has 0 aromatic carbocycles. The van der Waals surface area contributed by atoms with Gasteiger partial charge in [0.2, 0.25) is 0 Å². The predicted octanol–water partition coefficient (Wildman–Crippen LogP) is 0.233. The zero-order chi connectivity index (χ0) is 16.0. The Balaban J connectivity index is 0.00000242. The average molecular weight is 433 g/mol. The van der Waals surface area contributed by atoms with Crippen LogP contribution in [0.5, 0.6) is 0 Å². The summed E-state index contributed by atoms with van der Waals surface area (Å²) in [5, 5.41) is 0. The summed E-state index contributed by atoms with van der Waals surface area (Å²) in [4.78, 5) is 0. The molecule has 0 heterocycles. The topological polar surface area (TPSA) is 0 Å². The first-order chi connectivity index (χ1) is 9.48. The third-order valence-electron chi connectivity index (χ3n) is 4.59. The SMILES string of the molecule is CC1=[C]([Zr+2][C]2=CC(C(C)(C)C)=CC2C)CC(C(C)(C)C)=C1.[Cl-].[Cl-]. The first-order valence-electron chi connectivity index (χ1n) is 8.10. The molecule has 0 aromatic heterocycles. The van der Waals surface area contributed by atoms with E-state index >= 15 is 0 Å². The largest absolute Gasteiger partial charge is 1.00 e. The summed E-state index contributed by atoms with van der Waals surface area (Å²) in [5.74, 6) is 0.671. The fourth-order valence-corrected chi connectivity index (χ4v) is 6.38. The second-order valence-corrected chi connectivity index (χ2v) is 12.2. The summed E-state index contributed by atoms with van der Waals surface area (Å²) in [6.45, 7) is 18.7. The molecule has 2 aliphatic rings. The van der Waals surface area contributed by atoms with Crippen molar-refractivity contribution in [2.75, 3.05) is 0 Å². The number of rotatable bonds is 2. The third-order valence-corrected chi connectivity index (χ3v) is 8.92. The molecule has 0 saturated heterocycles. The van der Waals surface area contributed by atoms with E-state index in [2.05, 4.69) is 73.6 Å². The van der Waals surface area contributed by atoms with Crippen molar-refractivity contribution in [1.29, 1.82) is 0 Å². The van der Waals surface area contributed by atoms with Gasteiger partial charge in [0, 0.05) is 0 Å². The fourth-order valence-electron chi connectivity index (χ4n) is 2.85. The van der Waals surface area contributed by atoms with Crippen molar-refractivity contribution in [3.8, 4) is 0 Å². The number of hydrogen-bond acceptors (Lipinski definition) is 0. The van der Waals surface area contributed by atoms with E-state index < -0.39 is 23.2 Å². The van der Waals surface area contributed by atoms with Crippen molar-refractivity contribution in [2.24, 2.45) is 16.7 Å². The Kier molecular flexibility index (Phi) is 8.35. The van der Waals surface area contributed by atoms with Gasteiger partial charge in [0.25, 0.3) is 0 Å². The zero-order valence-electron chi connectivity index (χ0n) is 15.8. The molecule has 1 unspecified atom stereocenters. The van der Waals surface area contributed by atoms with Crippen LogP contribution in [-0.2, 0) is 23.2 Å². The molecule has 0 spiro atoms. The van der Waals surface area contributed by atoms with Gasteiger partial charge < -0.3 is 24.8 Å². The van der Waals surface area contributed by atoms with Gasteiger partial charge in [0.15, 0.2) is 0 Å². The summed E-state index contributed by atoms with van der Waals surface area (Å²) in [7, 11) is 0. The predicted molar refractivity (Wildman–Crippen MR) is 89.6 cm³/mol. The number of hydrogen-bond donors (Lipinski definition) is 0. The van der Waals surface area contributed by atoms with Crippen molar-refractivity contribution in [2.45, 2.75) is 61.8 Å². The fraction of sp³-hybridized carbons (Fsp3) is 0.600. The van der Waals surface area contributed by atoms with Crippen molar-refractivity contribution < 1.29 is 48.0 Å². The van der Waals surface area contributed by atoms with Crippen LogP contribution >= 0.6 is 0 Å². The van der Waals surface area contributed by atoms with Gasteiger partial charge in [-0.1, -0.05) is 0 Å². The monoisotopic (exact) mass is 430 g/mol. The van der Waals surface area contributed by atoms with Crippen LogP contribution < -0.4 is 24.8 Å². The van der Waals surface area contributed by atoms with Crippen LogP contribution in [0.25, 0.3) is 0 Å². The Labute approximate surface area is 167 Å². The van der Waals surface area contributed by atoms with E-state index in [1.54, 1.807) is 23.3 Å². The standard InChI is InChI=1S/2C10H15.2ClH.Zr/c2*1-8-5-6-9(7-8)10(2,3)4;;;/h7H,6H2,1-4H3;6-8H,1-4H3;2*1H;/q;;;;+2/p-2. The Morgan fingerprint density at radius 1 is 0.957 bits per heavy atom. The van der Waals surface area contributed by atoms with Crippen LogP contribution in [0.2, 0.25) is 0 Å². The normalized spacial score (nSPS) is 21.0. The van der Waals surface area contributed by atoms with E-state index in [4.69, 9.17) is 0 Å². The van der Waals surface area contributed by atoms with E-state index in [1.165, 1.54) is 6.42 Å². The Morgan fingerprint density at radius 2 is 1.52 bits per heavy atom. The van der Waals surface area contributed by atoms with Gasteiger partial charge in [0.1, 0.15) is 0 Å². The molecule has 2 rings (SSSR count). The Morgan fingerprint density at radius 3 is 1.91 bits per heavy atom. The van der Waals surface area contributed by atoms with Crippen LogP contribution in [0.15, 0.2) is 41.5 Å². The molecule has 0 bridgehead atoms. The van der Waals surface area contributed by atoms with Crippen molar-refractivity contribution >= 4 is 0 Å². The minimum Gasteiger partial charge on any atom is -1.00 e. The van der Waals surface area contributed by atoms with Crippen LogP contribution in [0, 0.1) is 16.7 Å². The molecule has 0 aromatic rings. The summed E-state index contributed by atoms with van der Waals surface area (Å²) >= 11 is -0.593. The minimum absolute atomic E-state index is 0. The molecule has 0 fully saturated rings. The molecular weight excluding hydrogens is 402 g/mol. The van der Waals surface area contributed by atoms with Crippen LogP contribution in [0.1, 0.15) is 61.8 Å². The summed E-state index contributed by atoms with van der Waals surface area (Å²) in [5.41, 5.74) is 5.37. The quantitative estimate of drug-likeness (QED) is 0.586. The van der Waals surface area contributed by atoms with E-state index in [0.717, 1.165) is 0 Å². The summed E-state index contributed by atoms with van der Waals surface area (Å²) in [6, 6.07) is 0. The summed E-state index contributed by atoms with van der Waals surface area (Å²) in [6.07, 6.45) is 8.75. The smallest absolute Gasteiger partial charge is 1.00 e. The molecule has 0 saturated carbocycles. The van der Waals surface area contributed by atoms with Crippen LogP contribution in [-0.4, -0.2) is 0 Å². The maximum absolute atomic E-state index is 2.53. The molecule has 0 amide bonds. The van der Waals surface area contributed by atoms with Gasteiger partial charge in [0.05, 0.1) is 0 Å². The van der Waals surface area contributed by atoms with Crippen molar-refractivity contribution in [3.63, 3.8) is 0 Å². The molecule has 1 atom stereocenters. The Hall–Kier alpha value is 0.423. The van der Waals surface area contributed by atoms with Crippen molar-refractivity contribution in [3.05, 3.63) is 41.5 Å². The number of halogens is 2. The van der Waals surface area contributed by atoms with Crippen LogP contribution in [0.4, 0.5) is 0 Å². The summed E-state index contributed by atoms with van der Waals surface area (Å²) < 4.78 is 3.56. The molecular formula is C20H30Cl2Zr. The van der Waals surface area contributed by atoms with Gasteiger partial charge in [-0.15, -0.1) is 0 Å². The van der Waals surface area contributed by atoms with Gasteiger partial charge in [-0.25, -0.2) is 0 Å². The second-order valence-electron chi connectivity index (χ2n) is 8.64. The molecule has 0 N–H and O–H groups in total. The van der Waals surface area contributed by atoms with E-state index in [-0.39, 0.29) is 24.8 Å². The minimum atomic E-state index is -0.593. The van der Waals surface area contributed by atoms with E-state index in [1.807, 2.05) is 0 Å². The average Bonchev–Trinajstić information content (AvgIpc) is 2.84. The zero-order valence-corrected chi connectivity index (χ0v) is 19.7. The van der Waals surface area contributed by atoms with Gasteiger partial charge in [-0.05, 0) is 0 Å². The Bertz CT molecular complexity index is 563. The maximum atomic E-state index is 2.53. The molecule has 0 aliphatic heterocycles. The van der Waals surface area contributed by atoms with Crippen molar-refractivity contribution in [1.82, 2.24) is 0 Å². The third kappa shape index (κ3) is 5.72. The van der Waals surface area contributed by atoms with E-state index in [9.17, 15) is 0 Å². The first-order valence-corrected chi connectivity index (χ1v) is 10.6. The molecule has 3 heteroatoms.